The van der Waals surface area contributed by atoms with Gasteiger partial charge in [-0.15, -0.1) is 0 Å². The Bertz CT molecular complexity index is 431. The summed E-state index contributed by atoms with van der Waals surface area (Å²) in [5.74, 6) is 0.467. The van der Waals surface area contributed by atoms with Crippen molar-refractivity contribution in [2.24, 2.45) is 5.92 Å². The summed E-state index contributed by atoms with van der Waals surface area (Å²) in [6.45, 7) is 0. The standard InChI is InChI=1S/C11H16N2O2S/c14-9-6-8(12-11(15)13-9)10(16)7-4-2-1-3-5-7/h6-7,10,16H,1-5H2,(H2,12,13,14,15). The lowest BCUT2D eigenvalue weighted by Gasteiger charge is -2.26. The summed E-state index contributed by atoms with van der Waals surface area (Å²) in [5, 5.41) is -0.0321. The first-order valence-corrected chi connectivity index (χ1v) is 6.20. The van der Waals surface area contributed by atoms with Gasteiger partial charge in [0.15, 0.2) is 0 Å². The number of nitrogens with one attached hydrogen (secondary N) is 2. The lowest BCUT2D eigenvalue weighted by Crippen LogP contribution is -2.25. The van der Waals surface area contributed by atoms with Gasteiger partial charge in [-0.2, -0.15) is 12.6 Å². The summed E-state index contributed by atoms with van der Waals surface area (Å²) in [7, 11) is 0. The Labute approximate surface area is 98.9 Å². The Hall–Kier alpha value is -0.970. The molecule has 2 rings (SSSR count). The third-order valence-electron chi connectivity index (χ3n) is 3.20. The van der Waals surface area contributed by atoms with Gasteiger partial charge in [-0.3, -0.25) is 9.78 Å². The molecule has 1 aromatic heterocycles. The number of thiol groups is 1. The Morgan fingerprint density at radius 1 is 1.19 bits per heavy atom. The Morgan fingerprint density at radius 3 is 2.50 bits per heavy atom. The van der Waals surface area contributed by atoms with Gasteiger partial charge in [0.2, 0.25) is 0 Å². The SMILES string of the molecule is O=c1cc(C(S)C2CCCCC2)[nH]c(=O)[nH]1. The predicted molar refractivity (Wildman–Crippen MR) is 66.0 cm³/mol. The van der Waals surface area contributed by atoms with Gasteiger partial charge in [0, 0.05) is 17.0 Å². The van der Waals surface area contributed by atoms with Crippen molar-refractivity contribution in [2.75, 3.05) is 0 Å². The molecule has 1 aliphatic rings. The van der Waals surface area contributed by atoms with E-state index >= 15 is 0 Å². The summed E-state index contributed by atoms with van der Waals surface area (Å²) in [6, 6.07) is 1.44. The predicted octanol–water partition coefficient (Wildman–Crippen LogP) is 1.61. The number of aromatic nitrogens is 2. The molecule has 0 aromatic carbocycles. The smallest absolute Gasteiger partial charge is 0.310 e. The van der Waals surface area contributed by atoms with E-state index in [0.29, 0.717) is 11.6 Å². The van der Waals surface area contributed by atoms with Crippen LogP contribution in [0.1, 0.15) is 43.0 Å². The van der Waals surface area contributed by atoms with E-state index in [-0.39, 0.29) is 10.8 Å². The van der Waals surface area contributed by atoms with Crippen molar-refractivity contribution >= 4 is 12.6 Å². The first kappa shape index (κ1) is 11.5. The Kier molecular flexibility index (Phi) is 3.53. The lowest BCUT2D eigenvalue weighted by molar-refractivity contribution is 0.349. The lowest BCUT2D eigenvalue weighted by atomic mass is 9.85. The zero-order valence-electron chi connectivity index (χ0n) is 9.03. The molecule has 0 bridgehead atoms. The van der Waals surface area contributed by atoms with Crippen LogP contribution in [0.15, 0.2) is 15.7 Å². The minimum absolute atomic E-state index is 0.0321. The monoisotopic (exact) mass is 240 g/mol. The maximum Gasteiger partial charge on any atom is 0.325 e. The van der Waals surface area contributed by atoms with E-state index in [1.165, 1.54) is 25.3 Å². The maximum atomic E-state index is 11.2. The van der Waals surface area contributed by atoms with E-state index in [9.17, 15) is 9.59 Å². The van der Waals surface area contributed by atoms with Gasteiger partial charge in [-0.25, -0.2) is 4.79 Å². The van der Waals surface area contributed by atoms with E-state index in [1.807, 2.05) is 0 Å². The van der Waals surface area contributed by atoms with Crippen LogP contribution < -0.4 is 11.2 Å². The molecule has 1 heterocycles. The van der Waals surface area contributed by atoms with E-state index in [4.69, 9.17) is 0 Å². The highest BCUT2D eigenvalue weighted by Gasteiger charge is 2.23. The highest BCUT2D eigenvalue weighted by Crippen LogP contribution is 2.36. The Balaban J connectivity index is 2.22. The molecular weight excluding hydrogens is 224 g/mol. The minimum Gasteiger partial charge on any atom is -0.310 e. The third-order valence-corrected chi connectivity index (χ3v) is 3.90. The molecule has 4 nitrogen and oxygen atoms in total. The second kappa shape index (κ2) is 4.91. The quantitative estimate of drug-likeness (QED) is 0.688. The average Bonchev–Trinajstić information content (AvgIpc) is 2.28. The van der Waals surface area contributed by atoms with Crippen molar-refractivity contribution in [3.8, 4) is 0 Å². The second-order valence-electron chi connectivity index (χ2n) is 4.39. The zero-order valence-corrected chi connectivity index (χ0v) is 9.93. The fourth-order valence-electron chi connectivity index (χ4n) is 2.35. The van der Waals surface area contributed by atoms with Crippen molar-refractivity contribution in [3.05, 3.63) is 32.6 Å². The first-order valence-electron chi connectivity index (χ1n) is 5.68. The van der Waals surface area contributed by atoms with Crippen molar-refractivity contribution < 1.29 is 0 Å². The summed E-state index contributed by atoms with van der Waals surface area (Å²) in [4.78, 5) is 27.2. The fraction of sp³-hybridized carbons (Fsp3) is 0.636. The van der Waals surface area contributed by atoms with Crippen molar-refractivity contribution in [2.45, 2.75) is 37.4 Å². The molecule has 0 saturated heterocycles. The first-order chi connectivity index (χ1) is 7.66. The molecule has 0 radical (unpaired) electrons. The average molecular weight is 240 g/mol. The molecular formula is C11H16N2O2S. The topological polar surface area (TPSA) is 65.7 Å². The molecule has 16 heavy (non-hydrogen) atoms. The van der Waals surface area contributed by atoms with Gasteiger partial charge >= 0.3 is 5.69 Å². The fourth-order valence-corrected chi connectivity index (χ4v) is 2.79. The highest BCUT2D eigenvalue weighted by molar-refractivity contribution is 7.80. The largest absolute Gasteiger partial charge is 0.325 e. The molecule has 1 atom stereocenters. The van der Waals surface area contributed by atoms with Crippen LogP contribution in [0.25, 0.3) is 0 Å². The van der Waals surface area contributed by atoms with Gasteiger partial charge < -0.3 is 4.98 Å². The summed E-state index contributed by atoms with van der Waals surface area (Å²) < 4.78 is 0. The van der Waals surface area contributed by atoms with E-state index in [0.717, 1.165) is 12.8 Å². The van der Waals surface area contributed by atoms with Crippen LogP contribution in [-0.2, 0) is 0 Å². The van der Waals surface area contributed by atoms with Gasteiger partial charge in [0.05, 0.1) is 0 Å². The molecule has 0 spiro atoms. The molecule has 5 heteroatoms. The van der Waals surface area contributed by atoms with E-state index in [2.05, 4.69) is 22.6 Å². The normalized spacial score (nSPS) is 19.6. The van der Waals surface area contributed by atoms with Crippen LogP contribution in [0.3, 0.4) is 0 Å². The zero-order chi connectivity index (χ0) is 11.5. The summed E-state index contributed by atoms with van der Waals surface area (Å²) >= 11 is 4.53. The third kappa shape index (κ3) is 2.58. The molecule has 1 unspecified atom stereocenters. The van der Waals surface area contributed by atoms with Gasteiger partial charge in [-0.05, 0) is 18.8 Å². The van der Waals surface area contributed by atoms with Crippen LogP contribution in [-0.4, -0.2) is 9.97 Å². The molecule has 88 valence electrons. The van der Waals surface area contributed by atoms with Crippen molar-refractivity contribution in [1.82, 2.24) is 9.97 Å². The molecule has 2 N–H and O–H groups in total. The summed E-state index contributed by atoms with van der Waals surface area (Å²) in [6.07, 6.45) is 5.97. The number of rotatable bonds is 2. The molecule has 0 aliphatic heterocycles. The van der Waals surface area contributed by atoms with Crippen molar-refractivity contribution in [3.63, 3.8) is 0 Å². The minimum atomic E-state index is -0.447. The number of hydrogen-bond acceptors (Lipinski definition) is 3. The second-order valence-corrected chi connectivity index (χ2v) is 4.94. The van der Waals surface area contributed by atoms with Crippen LogP contribution in [0.2, 0.25) is 0 Å². The van der Waals surface area contributed by atoms with Gasteiger partial charge in [0.1, 0.15) is 0 Å². The van der Waals surface area contributed by atoms with E-state index < -0.39 is 5.69 Å². The molecule has 1 aliphatic carbocycles. The Morgan fingerprint density at radius 2 is 1.88 bits per heavy atom. The highest BCUT2D eigenvalue weighted by atomic mass is 32.1. The number of hydrogen-bond donors (Lipinski definition) is 3. The van der Waals surface area contributed by atoms with Gasteiger partial charge in [0.25, 0.3) is 5.56 Å². The maximum absolute atomic E-state index is 11.2. The number of H-pyrrole nitrogens is 2. The molecule has 1 saturated carbocycles. The van der Waals surface area contributed by atoms with Gasteiger partial charge in [-0.1, -0.05) is 19.3 Å². The van der Waals surface area contributed by atoms with Crippen LogP contribution >= 0.6 is 12.6 Å². The van der Waals surface area contributed by atoms with Crippen LogP contribution in [0, 0.1) is 5.92 Å². The van der Waals surface area contributed by atoms with Crippen molar-refractivity contribution in [1.29, 1.82) is 0 Å². The van der Waals surface area contributed by atoms with Crippen LogP contribution in [0.5, 0.6) is 0 Å². The van der Waals surface area contributed by atoms with E-state index in [1.54, 1.807) is 0 Å². The van der Waals surface area contributed by atoms with Crippen LogP contribution in [0.4, 0.5) is 0 Å². The molecule has 0 amide bonds. The number of aromatic amines is 2. The summed E-state index contributed by atoms with van der Waals surface area (Å²) in [5.41, 5.74) is -0.157. The molecule has 1 fully saturated rings. The molecule has 1 aromatic rings.